The zero-order valence-electron chi connectivity index (χ0n) is 10.5. The number of aromatic nitrogens is 2. The van der Waals surface area contributed by atoms with Crippen molar-refractivity contribution in [2.24, 2.45) is 0 Å². The van der Waals surface area contributed by atoms with E-state index >= 15 is 0 Å². The highest BCUT2D eigenvalue weighted by Gasteiger charge is 2.15. The van der Waals surface area contributed by atoms with Crippen LogP contribution in [0.15, 0.2) is 12.3 Å². The summed E-state index contributed by atoms with van der Waals surface area (Å²) in [5.41, 5.74) is 0. The summed E-state index contributed by atoms with van der Waals surface area (Å²) in [7, 11) is 1.72. The minimum atomic E-state index is -0.865. The summed E-state index contributed by atoms with van der Waals surface area (Å²) in [6.45, 7) is 1.90. The lowest BCUT2D eigenvalue weighted by Gasteiger charge is -2.27. The molecule has 2 heterocycles. The average Bonchev–Trinajstić information content (AvgIpc) is 2.39. The second-order valence-electron chi connectivity index (χ2n) is 4.51. The lowest BCUT2D eigenvalue weighted by Crippen LogP contribution is -2.32. The molecule has 1 aromatic rings. The van der Waals surface area contributed by atoms with Gasteiger partial charge in [-0.25, -0.2) is 4.98 Å². The SMILES string of the molecule is CN(CC(=O)O)c1ccnc(N2CCCCC2)n1. The quantitative estimate of drug-likeness (QED) is 0.859. The molecule has 0 atom stereocenters. The van der Waals surface area contributed by atoms with E-state index in [0.29, 0.717) is 11.8 Å². The van der Waals surface area contributed by atoms with Crippen LogP contribution in [-0.2, 0) is 4.79 Å². The van der Waals surface area contributed by atoms with Gasteiger partial charge in [-0.15, -0.1) is 0 Å². The van der Waals surface area contributed by atoms with E-state index in [1.165, 1.54) is 19.3 Å². The lowest BCUT2D eigenvalue weighted by atomic mass is 10.1. The first-order valence-corrected chi connectivity index (χ1v) is 6.18. The van der Waals surface area contributed by atoms with Crippen LogP contribution in [0.4, 0.5) is 11.8 Å². The van der Waals surface area contributed by atoms with Gasteiger partial charge in [-0.1, -0.05) is 0 Å². The van der Waals surface area contributed by atoms with Crippen molar-refractivity contribution in [2.75, 3.05) is 36.5 Å². The van der Waals surface area contributed by atoms with Crippen LogP contribution in [0.25, 0.3) is 0 Å². The Balaban J connectivity index is 2.11. The van der Waals surface area contributed by atoms with Crippen molar-refractivity contribution in [3.8, 4) is 0 Å². The molecule has 98 valence electrons. The van der Waals surface area contributed by atoms with E-state index in [-0.39, 0.29) is 6.54 Å². The smallest absolute Gasteiger partial charge is 0.323 e. The Morgan fingerprint density at radius 2 is 2.17 bits per heavy atom. The van der Waals surface area contributed by atoms with E-state index in [0.717, 1.165) is 13.1 Å². The number of hydrogen-bond acceptors (Lipinski definition) is 5. The molecule has 6 heteroatoms. The van der Waals surface area contributed by atoms with Crippen LogP contribution in [0.5, 0.6) is 0 Å². The normalized spacial score (nSPS) is 15.5. The summed E-state index contributed by atoms with van der Waals surface area (Å²) >= 11 is 0. The molecule has 1 fully saturated rings. The van der Waals surface area contributed by atoms with E-state index in [2.05, 4.69) is 14.9 Å². The highest BCUT2D eigenvalue weighted by molar-refractivity contribution is 5.73. The summed E-state index contributed by atoms with van der Waals surface area (Å²) in [5.74, 6) is 0.480. The van der Waals surface area contributed by atoms with Gasteiger partial charge in [0.25, 0.3) is 0 Å². The first kappa shape index (κ1) is 12.6. The fourth-order valence-corrected chi connectivity index (χ4v) is 2.08. The Labute approximate surface area is 106 Å². The Morgan fingerprint density at radius 1 is 1.44 bits per heavy atom. The van der Waals surface area contributed by atoms with Gasteiger partial charge in [-0.2, -0.15) is 4.98 Å². The molecule has 0 spiro atoms. The van der Waals surface area contributed by atoms with E-state index in [1.807, 2.05) is 0 Å². The summed E-state index contributed by atoms with van der Waals surface area (Å²) < 4.78 is 0. The molecule has 0 aliphatic carbocycles. The molecule has 0 saturated carbocycles. The van der Waals surface area contributed by atoms with Gasteiger partial charge < -0.3 is 14.9 Å². The topological polar surface area (TPSA) is 69.6 Å². The summed E-state index contributed by atoms with van der Waals surface area (Å²) in [4.78, 5) is 23.1. The number of hydrogen-bond donors (Lipinski definition) is 1. The molecule has 1 aliphatic rings. The fourth-order valence-electron chi connectivity index (χ4n) is 2.08. The fraction of sp³-hybridized carbons (Fsp3) is 0.583. The third kappa shape index (κ3) is 3.09. The zero-order valence-corrected chi connectivity index (χ0v) is 10.5. The maximum Gasteiger partial charge on any atom is 0.323 e. The van der Waals surface area contributed by atoms with Crippen molar-refractivity contribution in [3.63, 3.8) is 0 Å². The van der Waals surface area contributed by atoms with Crippen LogP contribution in [-0.4, -0.2) is 47.7 Å². The number of piperidine rings is 1. The van der Waals surface area contributed by atoms with E-state index in [4.69, 9.17) is 5.11 Å². The number of carboxylic acids is 1. The van der Waals surface area contributed by atoms with Gasteiger partial charge >= 0.3 is 5.97 Å². The second kappa shape index (κ2) is 5.66. The molecule has 1 aromatic heterocycles. The molecule has 2 rings (SSSR count). The zero-order chi connectivity index (χ0) is 13.0. The third-order valence-electron chi connectivity index (χ3n) is 3.03. The minimum absolute atomic E-state index is 0.0591. The number of carbonyl (C=O) groups is 1. The molecule has 1 saturated heterocycles. The monoisotopic (exact) mass is 250 g/mol. The maximum absolute atomic E-state index is 10.7. The van der Waals surface area contributed by atoms with E-state index < -0.39 is 5.97 Å². The standard InChI is InChI=1S/C12H18N4O2/c1-15(9-11(17)18)10-5-6-13-12(14-10)16-7-3-2-4-8-16/h5-6H,2-4,7-9H2,1H3,(H,17,18). The Hall–Kier alpha value is -1.85. The Kier molecular flexibility index (Phi) is 3.96. The molecule has 6 nitrogen and oxygen atoms in total. The molecule has 0 unspecified atom stereocenters. The van der Waals surface area contributed by atoms with E-state index in [9.17, 15) is 4.79 Å². The summed E-state index contributed by atoms with van der Waals surface area (Å²) in [6, 6.07) is 1.73. The van der Waals surface area contributed by atoms with Crippen LogP contribution in [0, 0.1) is 0 Å². The molecule has 0 amide bonds. The molecule has 18 heavy (non-hydrogen) atoms. The second-order valence-corrected chi connectivity index (χ2v) is 4.51. The summed E-state index contributed by atoms with van der Waals surface area (Å²) in [6.07, 6.45) is 5.27. The molecular weight excluding hydrogens is 232 g/mol. The molecular formula is C12H18N4O2. The number of likely N-dealkylation sites (N-methyl/N-ethyl adjacent to an activating group) is 1. The van der Waals surface area contributed by atoms with Crippen LogP contribution in [0.3, 0.4) is 0 Å². The maximum atomic E-state index is 10.7. The molecule has 0 bridgehead atoms. The first-order valence-electron chi connectivity index (χ1n) is 6.18. The highest BCUT2D eigenvalue weighted by atomic mass is 16.4. The number of aliphatic carboxylic acids is 1. The Morgan fingerprint density at radius 3 is 2.83 bits per heavy atom. The van der Waals surface area contributed by atoms with Crippen LogP contribution >= 0.6 is 0 Å². The average molecular weight is 250 g/mol. The van der Waals surface area contributed by atoms with Crippen molar-refractivity contribution >= 4 is 17.7 Å². The van der Waals surface area contributed by atoms with Crippen LogP contribution in [0.2, 0.25) is 0 Å². The highest BCUT2D eigenvalue weighted by Crippen LogP contribution is 2.17. The van der Waals surface area contributed by atoms with Gasteiger partial charge in [0.15, 0.2) is 0 Å². The number of nitrogens with zero attached hydrogens (tertiary/aromatic N) is 4. The van der Waals surface area contributed by atoms with Crippen molar-refractivity contribution < 1.29 is 9.90 Å². The molecule has 1 aliphatic heterocycles. The van der Waals surface area contributed by atoms with Gasteiger partial charge in [0.05, 0.1) is 0 Å². The number of rotatable bonds is 4. The van der Waals surface area contributed by atoms with Gasteiger partial charge in [-0.05, 0) is 25.3 Å². The molecule has 1 N–H and O–H groups in total. The predicted molar refractivity (Wildman–Crippen MR) is 69.0 cm³/mol. The summed E-state index contributed by atoms with van der Waals surface area (Å²) in [5, 5.41) is 8.77. The third-order valence-corrected chi connectivity index (χ3v) is 3.03. The molecule has 0 aromatic carbocycles. The molecule has 0 radical (unpaired) electrons. The lowest BCUT2D eigenvalue weighted by molar-refractivity contribution is -0.135. The largest absolute Gasteiger partial charge is 0.480 e. The van der Waals surface area contributed by atoms with Gasteiger partial charge in [-0.3, -0.25) is 4.79 Å². The van der Waals surface area contributed by atoms with Crippen molar-refractivity contribution in [1.29, 1.82) is 0 Å². The Bertz CT molecular complexity index is 418. The van der Waals surface area contributed by atoms with Crippen molar-refractivity contribution in [3.05, 3.63) is 12.3 Å². The first-order chi connectivity index (χ1) is 8.66. The van der Waals surface area contributed by atoms with Crippen LogP contribution < -0.4 is 9.80 Å². The van der Waals surface area contributed by atoms with Crippen molar-refractivity contribution in [2.45, 2.75) is 19.3 Å². The van der Waals surface area contributed by atoms with E-state index in [1.54, 1.807) is 24.2 Å². The minimum Gasteiger partial charge on any atom is -0.480 e. The van der Waals surface area contributed by atoms with Crippen molar-refractivity contribution in [1.82, 2.24) is 9.97 Å². The van der Waals surface area contributed by atoms with Gasteiger partial charge in [0.2, 0.25) is 5.95 Å². The predicted octanol–water partition coefficient (Wildman–Crippen LogP) is 0.988. The van der Waals surface area contributed by atoms with Crippen LogP contribution in [0.1, 0.15) is 19.3 Å². The van der Waals surface area contributed by atoms with Gasteiger partial charge in [0.1, 0.15) is 12.4 Å². The van der Waals surface area contributed by atoms with Gasteiger partial charge in [0, 0.05) is 26.3 Å². The number of anilines is 2. The number of carboxylic acid groups (broad SMARTS) is 1.